The first-order valence-corrected chi connectivity index (χ1v) is 6.76. The largest absolute Gasteiger partial charge is 0.389 e. The third-order valence-electron chi connectivity index (χ3n) is 2.62. The molecule has 0 saturated heterocycles. The zero-order valence-electron chi connectivity index (χ0n) is 8.98. The van der Waals surface area contributed by atoms with E-state index in [1.165, 1.54) is 7.11 Å². The molecule has 1 aliphatic rings. The molecule has 0 aliphatic heterocycles. The molecule has 1 saturated carbocycles. The Morgan fingerprint density at radius 3 is 2.60 bits per heavy atom. The van der Waals surface area contributed by atoms with Gasteiger partial charge >= 0.3 is 0 Å². The van der Waals surface area contributed by atoms with Crippen molar-refractivity contribution >= 4 is 10.0 Å². The van der Waals surface area contributed by atoms with E-state index in [0.717, 1.165) is 25.7 Å². The highest BCUT2D eigenvalue weighted by molar-refractivity contribution is 7.90. The molecule has 0 spiro atoms. The molecule has 1 aliphatic carbocycles. The highest BCUT2D eigenvalue weighted by Gasteiger charge is 2.28. The second-order valence-corrected chi connectivity index (χ2v) is 5.95. The van der Waals surface area contributed by atoms with Crippen LogP contribution in [0.1, 0.15) is 25.7 Å². The molecule has 15 heavy (non-hydrogen) atoms. The van der Waals surface area contributed by atoms with Crippen molar-refractivity contribution in [1.82, 2.24) is 4.72 Å². The van der Waals surface area contributed by atoms with Gasteiger partial charge in [0.05, 0.1) is 18.0 Å². The summed E-state index contributed by atoms with van der Waals surface area (Å²) in [5, 5.41) is 9.03. The van der Waals surface area contributed by atoms with Crippen molar-refractivity contribution in [3.05, 3.63) is 0 Å². The van der Waals surface area contributed by atoms with Gasteiger partial charge in [0.1, 0.15) is 0 Å². The summed E-state index contributed by atoms with van der Waals surface area (Å²) in [6, 6.07) is 0. The molecule has 0 radical (unpaired) electrons. The Balaban J connectivity index is 2.35. The summed E-state index contributed by atoms with van der Waals surface area (Å²) in [4.78, 5) is 0. The number of hydrogen-bond donors (Lipinski definition) is 2. The van der Waals surface area contributed by atoms with Crippen LogP contribution in [-0.2, 0) is 14.8 Å². The fourth-order valence-electron chi connectivity index (χ4n) is 1.78. The summed E-state index contributed by atoms with van der Waals surface area (Å²) in [7, 11) is -1.77. The van der Waals surface area contributed by atoms with Gasteiger partial charge in [-0.05, 0) is 12.8 Å². The predicted octanol–water partition coefficient (Wildman–Crippen LogP) is -0.144. The van der Waals surface area contributed by atoms with Gasteiger partial charge in [-0.2, -0.15) is 0 Å². The van der Waals surface area contributed by atoms with Crippen LogP contribution in [0, 0.1) is 0 Å². The van der Waals surface area contributed by atoms with E-state index >= 15 is 0 Å². The standard InChI is InChI=1S/C9H19NO4S/c1-14-7-8(11)6-10-15(12,13)9-4-2-3-5-9/h8-11H,2-7H2,1H3. The maximum absolute atomic E-state index is 11.7. The van der Waals surface area contributed by atoms with E-state index in [9.17, 15) is 13.5 Å². The molecule has 0 aromatic heterocycles. The summed E-state index contributed by atoms with van der Waals surface area (Å²) in [5.41, 5.74) is 0. The highest BCUT2D eigenvalue weighted by atomic mass is 32.2. The minimum atomic E-state index is -3.24. The van der Waals surface area contributed by atoms with Crippen molar-refractivity contribution in [3.8, 4) is 0 Å². The summed E-state index contributed by atoms with van der Waals surface area (Å²) in [6.45, 7) is 0.180. The number of rotatable bonds is 6. The first kappa shape index (κ1) is 12.9. The highest BCUT2D eigenvalue weighted by Crippen LogP contribution is 2.23. The second-order valence-electron chi connectivity index (χ2n) is 3.91. The Morgan fingerprint density at radius 2 is 2.07 bits per heavy atom. The van der Waals surface area contributed by atoms with Gasteiger partial charge < -0.3 is 9.84 Å². The van der Waals surface area contributed by atoms with E-state index in [-0.39, 0.29) is 18.4 Å². The van der Waals surface area contributed by atoms with Crippen LogP contribution in [-0.4, -0.2) is 45.1 Å². The number of hydrogen-bond acceptors (Lipinski definition) is 4. The Labute approximate surface area is 90.9 Å². The van der Waals surface area contributed by atoms with E-state index in [1.807, 2.05) is 0 Å². The molecule has 0 aromatic carbocycles. The van der Waals surface area contributed by atoms with E-state index in [2.05, 4.69) is 4.72 Å². The van der Waals surface area contributed by atoms with Crippen molar-refractivity contribution in [3.63, 3.8) is 0 Å². The van der Waals surface area contributed by atoms with Crippen LogP contribution in [0.4, 0.5) is 0 Å². The van der Waals surface area contributed by atoms with Crippen LogP contribution < -0.4 is 4.72 Å². The Bertz CT molecular complexity index is 272. The first-order chi connectivity index (χ1) is 7.06. The van der Waals surface area contributed by atoms with Gasteiger partial charge in [0.15, 0.2) is 0 Å². The van der Waals surface area contributed by atoms with Gasteiger partial charge in [-0.3, -0.25) is 0 Å². The van der Waals surface area contributed by atoms with E-state index in [1.54, 1.807) is 0 Å². The average Bonchev–Trinajstić information content (AvgIpc) is 2.69. The molecule has 1 fully saturated rings. The molecule has 1 unspecified atom stereocenters. The topological polar surface area (TPSA) is 75.6 Å². The van der Waals surface area contributed by atoms with Gasteiger partial charge in [0, 0.05) is 13.7 Å². The minimum absolute atomic E-state index is 0.0344. The molecule has 0 heterocycles. The lowest BCUT2D eigenvalue weighted by Gasteiger charge is -2.14. The molecule has 1 rings (SSSR count). The van der Waals surface area contributed by atoms with Crippen LogP contribution in [0.2, 0.25) is 0 Å². The van der Waals surface area contributed by atoms with Crippen LogP contribution in [0.15, 0.2) is 0 Å². The zero-order valence-corrected chi connectivity index (χ0v) is 9.79. The number of ether oxygens (including phenoxy) is 1. The van der Waals surface area contributed by atoms with Crippen molar-refractivity contribution < 1.29 is 18.3 Å². The molecule has 5 nitrogen and oxygen atoms in total. The van der Waals surface area contributed by atoms with Crippen molar-refractivity contribution in [2.24, 2.45) is 0 Å². The molecule has 6 heteroatoms. The van der Waals surface area contributed by atoms with Crippen LogP contribution in [0.25, 0.3) is 0 Å². The second kappa shape index (κ2) is 5.79. The van der Waals surface area contributed by atoms with E-state index in [0.29, 0.717) is 0 Å². The SMILES string of the molecule is COCC(O)CNS(=O)(=O)C1CCCC1. The van der Waals surface area contributed by atoms with Crippen LogP contribution >= 0.6 is 0 Å². The summed E-state index contributed by atoms with van der Waals surface area (Å²) < 4.78 is 30.5. The summed E-state index contributed by atoms with van der Waals surface area (Å²) >= 11 is 0. The third kappa shape index (κ3) is 4.06. The van der Waals surface area contributed by atoms with Crippen molar-refractivity contribution in [2.75, 3.05) is 20.3 Å². The number of aliphatic hydroxyl groups excluding tert-OH is 1. The quantitative estimate of drug-likeness (QED) is 0.674. The van der Waals surface area contributed by atoms with Gasteiger partial charge in [-0.15, -0.1) is 0 Å². The van der Waals surface area contributed by atoms with Gasteiger partial charge in [-0.25, -0.2) is 13.1 Å². The average molecular weight is 237 g/mol. The Morgan fingerprint density at radius 1 is 1.47 bits per heavy atom. The zero-order chi connectivity index (χ0) is 11.3. The molecule has 90 valence electrons. The number of aliphatic hydroxyl groups is 1. The smallest absolute Gasteiger partial charge is 0.214 e. The Hall–Kier alpha value is -0.170. The molecule has 0 amide bonds. The first-order valence-electron chi connectivity index (χ1n) is 5.21. The number of sulfonamides is 1. The Kier molecular flexibility index (Phi) is 4.98. The normalized spacial score (nSPS) is 20.7. The molecule has 1 atom stereocenters. The lowest BCUT2D eigenvalue weighted by Crippen LogP contribution is -2.39. The predicted molar refractivity (Wildman–Crippen MR) is 57.1 cm³/mol. The van der Waals surface area contributed by atoms with Crippen molar-refractivity contribution in [1.29, 1.82) is 0 Å². The monoisotopic (exact) mass is 237 g/mol. The molecule has 2 N–H and O–H groups in total. The maximum Gasteiger partial charge on any atom is 0.214 e. The van der Waals surface area contributed by atoms with Gasteiger partial charge in [0.2, 0.25) is 10.0 Å². The summed E-state index contributed by atoms with van der Waals surface area (Å²) in [5.74, 6) is 0. The molecular formula is C9H19NO4S. The lowest BCUT2D eigenvalue weighted by atomic mass is 10.4. The number of nitrogens with one attached hydrogen (secondary N) is 1. The van der Waals surface area contributed by atoms with E-state index in [4.69, 9.17) is 4.74 Å². The van der Waals surface area contributed by atoms with Gasteiger partial charge in [-0.1, -0.05) is 12.8 Å². The van der Waals surface area contributed by atoms with Gasteiger partial charge in [0.25, 0.3) is 0 Å². The van der Waals surface area contributed by atoms with Crippen LogP contribution in [0.5, 0.6) is 0 Å². The molecule has 0 aromatic rings. The maximum atomic E-state index is 11.7. The van der Waals surface area contributed by atoms with Crippen molar-refractivity contribution in [2.45, 2.75) is 37.0 Å². The van der Waals surface area contributed by atoms with E-state index < -0.39 is 16.1 Å². The summed E-state index contributed by atoms with van der Waals surface area (Å²) in [6.07, 6.45) is 2.65. The molecule has 0 bridgehead atoms. The fourth-order valence-corrected chi connectivity index (χ4v) is 3.39. The number of methoxy groups -OCH3 is 1. The molecular weight excluding hydrogens is 218 g/mol. The third-order valence-corrected chi connectivity index (χ3v) is 4.54. The minimum Gasteiger partial charge on any atom is -0.389 e. The van der Waals surface area contributed by atoms with Crippen LogP contribution in [0.3, 0.4) is 0 Å². The fraction of sp³-hybridized carbons (Fsp3) is 1.00. The lowest BCUT2D eigenvalue weighted by molar-refractivity contribution is 0.0679.